The highest BCUT2D eigenvalue weighted by atomic mass is 14.9. The normalized spacial score (nSPS) is 48.8. The van der Waals surface area contributed by atoms with Gasteiger partial charge in [0.25, 0.3) is 0 Å². The minimum absolute atomic E-state index is 0.895. The molecule has 0 aliphatic heterocycles. The molecule has 0 heterocycles. The zero-order chi connectivity index (χ0) is 8.77. The second kappa shape index (κ2) is 2.75. The minimum atomic E-state index is 0.895. The Balaban J connectivity index is 1.83. The fourth-order valence-electron chi connectivity index (χ4n) is 3.86. The highest BCUT2D eigenvalue weighted by Gasteiger charge is 2.82. The Morgan fingerprint density at radius 2 is 1.42 bits per heavy atom. The van der Waals surface area contributed by atoms with Gasteiger partial charge in [0.1, 0.15) is 0 Å². The topological polar surface area (TPSA) is 0 Å². The molecular weight excluding hydrogens is 144 g/mol. The predicted octanol–water partition coefficient (Wildman–Crippen LogP) is 3.86. The quantitative estimate of drug-likeness (QED) is 0.582. The van der Waals surface area contributed by atoms with Crippen LogP contribution in [0.2, 0.25) is 0 Å². The molecule has 2 atom stereocenters. The third-order valence-electron chi connectivity index (χ3n) is 4.46. The lowest BCUT2D eigenvalue weighted by Gasteiger charge is -2.16. The first-order valence-corrected chi connectivity index (χ1v) is 5.82. The summed E-state index contributed by atoms with van der Waals surface area (Å²) in [5.41, 5.74) is 0.895. The number of hydrogen-bond acceptors (Lipinski definition) is 0. The maximum Gasteiger partial charge on any atom is -0.0204 e. The maximum absolute atomic E-state index is 2.40. The number of rotatable bonds is 5. The van der Waals surface area contributed by atoms with Crippen LogP contribution in [0, 0.1) is 23.2 Å². The van der Waals surface area contributed by atoms with E-state index in [0.29, 0.717) is 0 Å². The van der Waals surface area contributed by atoms with Crippen molar-refractivity contribution in [2.75, 3.05) is 0 Å². The van der Waals surface area contributed by atoms with E-state index >= 15 is 0 Å². The van der Waals surface area contributed by atoms with Gasteiger partial charge in [-0.25, -0.2) is 0 Å². The lowest BCUT2D eigenvalue weighted by atomic mass is 9.88. The zero-order valence-corrected chi connectivity index (χ0v) is 8.77. The first-order chi connectivity index (χ1) is 5.82. The summed E-state index contributed by atoms with van der Waals surface area (Å²) in [6.07, 6.45) is 7.30. The van der Waals surface area contributed by atoms with E-state index in [1.165, 1.54) is 38.0 Å². The van der Waals surface area contributed by atoms with Gasteiger partial charge < -0.3 is 0 Å². The zero-order valence-electron chi connectivity index (χ0n) is 8.77. The average Bonchev–Trinajstić information content (AvgIpc) is 2.91. The van der Waals surface area contributed by atoms with Gasteiger partial charge in [0.05, 0.1) is 0 Å². The summed E-state index contributed by atoms with van der Waals surface area (Å²) in [6.45, 7) is 7.06. The molecule has 0 heteroatoms. The molecule has 0 aromatic heterocycles. The standard InChI is InChI=1S/C12H22/c1-4-7-9-11-10(8-5-2)12(9,11)6-3/h9-11H,4-8H2,1-3H3. The van der Waals surface area contributed by atoms with Gasteiger partial charge in [-0.05, 0) is 42.4 Å². The molecule has 2 rings (SSSR count). The van der Waals surface area contributed by atoms with Crippen molar-refractivity contribution in [2.45, 2.75) is 52.9 Å². The van der Waals surface area contributed by atoms with Gasteiger partial charge in [0, 0.05) is 0 Å². The third-order valence-corrected chi connectivity index (χ3v) is 4.46. The molecule has 0 aromatic rings. The van der Waals surface area contributed by atoms with Crippen LogP contribution < -0.4 is 0 Å². The first-order valence-electron chi connectivity index (χ1n) is 5.82. The molecule has 2 saturated carbocycles. The Hall–Kier alpha value is 0. The van der Waals surface area contributed by atoms with E-state index in [4.69, 9.17) is 0 Å². The molecule has 0 bridgehead atoms. The van der Waals surface area contributed by atoms with Gasteiger partial charge in [-0.3, -0.25) is 0 Å². The fraction of sp³-hybridized carbons (Fsp3) is 1.00. The van der Waals surface area contributed by atoms with Gasteiger partial charge in [-0.2, -0.15) is 0 Å². The van der Waals surface area contributed by atoms with Crippen LogP contribution in [0.15, 0.2) is 0 Å². The van der Waals surface area contributed by atoms with E-state index in [-0.39, 0.29) is 0 Å². The van der Waals surface area contributed by atoms with Crippen molar-refractivity contribution < 1.29 is 0 Å². The molecule has 2 aliphatic rings. The van der Waals surface area contributed by atoms with Crippen molar-refractivity contribution in [1.29, 1.82) is 0 Å². The molecule has 0 aromatic carbocycles. The smallest absolute Gasteiger partial charge is 0.0204 e. The van der Waals surface area contributed by atoms with Crippen LogP contribution in [0.25, 0.3) is 0 Å². The summed E-state index contributed by atoms with van der Waals surface area (Å²) < 4.78 is 0. The third kappa shape index (κ3) is 0.843. The lowest BCUT2D eigenvalue weighted by Crippen LogP contribution is -2.08. The largest absolute Gasteiger partial charge is 0.0654 e. The number of hydrogen-bond donors (Lipinski definition) is 0. The summed E-state index contributed by atoms with van der Waals surface area (Å²) in [7, 11) is 0. The van der Waals surface area contributed by atoms with Crippen LogP contribution in [0.4, 0.5) is 0 Å². The van der Waals surface area contributed by atoms with E-state index in [9.17, 15) is 0 Å². The Morgan fingerprint density at radius 1 is 0.917 bits per heavy atom. The number of fused-ring (bicyclic) bond motifs is 1. The van der Waals surface area contributed by atoms with E-state index in [1.807, 2.05) is 0 Å². The van der Waals surface area contributed by atoms with Crippen LogP contribution in [0.1, 0.15) is 52.9 Å². The van der Waals surface area contributed by atoms with E-state index in [0.717, 1.165) is 17.3 Å². The molecule has 2 aliphatic carbocycles. The Bertz CT molecular complexity index is 157. The van der Waals surface area contributed by atoms with Gasteiger partial charge in [-0.1, -0.05) is 33.6 Å². The second-order valence-corrected chi connectivity index (χ2v) is 4.78. The van der Waals surface area contributed by atoms with Crippen molar-refractivity contribution in [3.05, 3.63) is 0 Å². The molecule has 2 unspecified atom stereocenters. The highest BCUT2D eigenvalue weighted by molar-refractivity contribution is 5.29. The molecule has 0 nitrogen and oxygen atoms in total. The molecule has 0 radical (unpaired) electrons. The molecule has 0 amide bonds. The average molecular weight is 166 g/mol. The van der Waals surface area contributed by atoms with Crippen LogP contribution in [-0.2, 0) is 0 Å². The highest BCUT2D eigenvalue weighted by Crippen LogP contribution is 2.87. The van der Waals surface area contributed by atoms with Gasteiger partial charge in [-0.15, -0.1) is 0 Å². The predicted molar refractivity (Wildman–Crippen MR) is 53.0 cm³/mol. The molecule has 70 valence electrons. The van der Waals surface area contributed by atoms with Crippen LogP contribution >= 0.6 is 0 Å². The molecule has 0 saturated heterocycles. The summed E-state index contributed by atoms with van der Waals surface area (Å²) >= 11 is 0. The monoisotopic (exact) mass is 166 g/mol. The maximum atomic E-state index is 2.40. The van der Waals surface area contributed by atoms with Crippen LogP contribution in [0.3, 0.4) is 0 Å². The van der Waals surface area contributed by atoms with Gasteiger partial charge in [0.15, 0.2) is 0 Å². The second-order valence-electron chi connectivity index (χ2n) is 4.78. The molecule has 12 heavy (non-hydrogen) atoms. The summed E-state index contributed by atoms with van der Waals surface area (Å²) in [5, 5.41) is 0. The minimum Gasteiger partial charge on any atom is -0.0654 e. The summed E-state index contributed by atoms with van der Waals surface area (Å²) in [5.74, 6) is 3.50. The molecular formula is C12H22. The van der Waals surface area contributed by atoms with Crippen LogP contribution in [0.5, 0.6) is 0 Å². The van der Waals surface area contributed by atoms with E-state index < -0.39 is 0 Å². The Labute approximate surface area is 76.7 Å². The summed E-state index contributed by atoms with van der Waals surface area (Å²) in [6, 6.07) is 0. The van der Waals surface area contributed by atoms with Crippen LogP contribution in [-0.4, -0.2) is 0 Å². The first kappa shape index (κ1) is 8.59. The lowest BCUT2D eigenvalue weighted by molar-refractivity contribution is 0.329. The Kier molecular flexibility index (Phi) is 1.97. The molecule has 2 fully saturated rings. The Morgan fingerprint density at radius 3 is 1.67 bits per heavy atom. The van der Waals surface area contributed by atoms with Crippen molar-refractivity contribution >= 4 is 0 Å². The molecule has 0 spiro atoms. The van der Waals surface area contributed by atoms with E-state index in [1.54, 1.807) is 0 Å². The SMILES string of the molecule is CCCC1C2C(CCC)C12CC. The molecule has 0 N–H and O–H groups in total. The van der Waals surface area contributed by atoms with Gasteiger partial charge >= 0.3 is 0 Å². The van der Waals surface area contributed by atoms with Crippen molar-refractivity contribution in [3.63, 3.8) is 0 Å². The van der Waals surface area contributed by atoms with Crippen molar-refractivity contribution in [1.82, 2.24) is 0 Å². The van der Waals surface area contributed by atoms with Gasteiger partial charge in [0.2, 0.25) is 0 Å². The van der Waals surface area contributed by atoms with E-state index in [2.05, 4.69) is 20.8 Å². The van der Waals surface area contributed by atoms with Crippen molar-refractivity contribution in [3.8, 4) is 0 Å². The van der Waals surface area contributed by atoms with Crippen molar-refractivity contribution in [2.24, 2.45) is 23.2 Å². The summed E-state index contributed by atoms with van der Waals surface area (Å²) in [4.78, 5) is 0. The fourth-order valence-corrected chi connectivity index (χ4v) is 3.86.